The Morgan fingerprint density at radius 1 is 1.93 bits per heavy atom. The number of carboxylic acids is 1. The average Bonchev–Trinajstić information content (AvgIpc) is 2.58. The summed E-state index contributed by atoms with van der Waals surface area (Å²) in [5.74, 6) is -1.00. The molecule has 1 rings (SSSR count). The largest absolute Gasteiger partial charge is 0.480 e. The van der Waals surface area contributed by atoms with Crippen molar-refractivity contribution in [3.8, 4) is 0 Å². The quantitative estimate of drug-likeness (QED) is 0.312. The van der Waals surface area contributed by atoms with Crippen LogP contribution >= 0.6 is 0 Å². The summed E-state index contributed by atoms with van der Waals surface area (Å²) >= 11 is 0. The Labute approximate surface area is 79.2 Å². The second-order valence-electron chi connectivity index (χ2n) is 2.33. The van der Waals surface area contributed by atoms with Crippen LogP contribution in [0, 0.1) is 5.53 Å². The standard InChI is InChI=1S/C6H9N3O2.HN3/c7-5(6(10)11)1-4-2-8-3-9-4;1-3-2/h2-3,5H,1,7H2,(H,8,9)(H,10,11);1H/t5-;/m0./s1. The molecule has 5 N–H and O–H groups in total. The number of carboxylic acid groups (broad SMARTS) is 1. The van der Waals surface area contributed by atoms with Crippen LogP contribution in [0.1, 0.15) is 5.69 Å². The number of carbonyl (C=O) groups is 1. The Bertz CT molecular complexity index is 302. The number of imidazole rings is 1. The van der Waals surface area contributed by atoms with Crippen LogP contribution in [0.15, 0.2) is 12.5 Å². The lowest BCUT2D eigenvalue weighted by atomic mass is 10.2. The van der Waals surface area contributed by atoms with Crippen LogP contribution in [0.5, 0.6) is 0 Å². The average molecular weight is 198 g/mol. The lowest BCUT2D eigenvalue weighted by Gasteiger charge is -2.02. The SMILES string of the molecule is N[C@@H](Cc1cnc[nH]1)C(=O)O.[N-]=[N+]=N. The van der Waals surface area contributed by atoms with Crippen molar-refractivity contribution < 1.29 is 9.90 Å². The number of hydrogen-bond donors (Lipinski definition) is 4. The maximum atomic E-state index is 10.3. The van der Waals surface area contributed by atoms with Gasteiger partial charge in [0, 0.05) is 18.3 Å². The molecule has 8 nitrogen and oxygen atoms in total. The zero-order valence-electron chi connectivity index (χ0n) is 7.21. The third-order valence-corrected chi connectivity index (χ3v) is 1.31. The van der Waals surface area contributed by atoms with E-state index in [1.165, 1.54) is 6.33 Å². The minimum absolute atomic E-state index is 0.287. The van der Waals surface area contributed by atoms with Crippen molar-refractivity contribution >= 4 is 5.97 Å². The zero-order chi connectivity index (χ0) is 11.0. The number of nitrogens with zero attached hydrogens (tertiary/aromatic N) is 3. The lowest BCUT2D eigenvalue weighted by molar-refractivity contribution is -0.138. The highest BCUT2D eigenvalue weighted by Gasteiger charge is 2.11. The fraction of sp³-hybridized carbons (Fsp3) is 0.333. The number of hydrogen-bond acceptors (Lipinski definition) is 4. The molecule has 0 aliphatic rings. The fourth-order valence-corrected chi connectivity index (χ4v) is 0.721. The van der Waals surface area contributed by atoms with Crippen LogP contribution < -0.4 is 5.73 Å². The van der Waals surface area contributed by atoms with E-state index < -0.39 is 12.0 Å². The van der Waals surface area contributed by atoms with Gasteiger partial charge in [0.25, 0.3) is 0 Å². The summed E-state index contributed by atoms with van der Waals surface area (Å²) in [6.07, 6.45) is 3.34. The summed E-state index contributed by atoms with van der Waals surface area (Å²) in [4.78, 5) is 18.5. The fourth-order valence-electron chi connectivity index (χ4n) is 0.721. The maximum absolute atomic E-state index is 10.3. The number of nitrogens with one attached hydrogen (secondary N) is 2. The number of rotatable bonds is 3. The first kappa shape index (κ1) is 11.9. The summed E-state index contributed by atoms with van der Waals surface area (Å²) in [6.45, 7) is 0. The van der Waals surface area contributed by atoms with E-state index in [9.17, 15) is 4.79 Å². The molecule has 0 aromatic carbocycles. The first-order chi connectivity index (χ1) is 6.61. The van der Waals surface area contributed by atoms with E-state index in [-0.39, 0.29) is 6.42 Å². The molecular weight excluding hydrogens is 188 g/mol. The Balaban J connectivity index is 0.000000500. The van der Waals surface area contributed by atoms with Crippen LogP contribution in [0.2, 0.25) is 0 Å². The van der Waals surface area contributed by atoms with Crippen molar-refractivity contribution in [2.45, 2.75) is 12.5 Å². The van der Waals surface area contributed by atoms with Crippen LogP contribution in [0.4, 0.5) is 0 Å². The number of aromatic amines is 1. The van der Waals surface area contributed by atoms with E-state index in [2.05, 4.69) is 9.97 Å². The monoisotopic (exact) mass is 198 g/mol. The van der Waals surface area contributed by atoms with Crippen molar-refractivity contribution in [1.29, 1.82) is 5.53 Å². The molecule has 1 aromatic rings. The van der Waals surface area contributed by atoms with Crippen LogP contribution in [0.25, 0.3) is 10.4 Å². The van der Waals surface area contributed by atoms with Gasteiger partial charge < -0.3 is 15.8 Å². The Kier molecular flexibility index (Phi) is 5.52. The van der Waals surface area contributed by atoms with Gasteiger partial charge in [-0.1, -0.05) is 0 Å². The molecule has 0 saturated carbocycles. The number of nitrogens with two attached hydrogens (primary N) is 1. The lowest BCUT2D eigenvalue weighted by Crippen LogP contribution is -2.32. The van der Waals surface area contributed by atoms with Crippen LogP contribution in [0.3, 0.4) is 0 Å². The maximum Gasteiger partial charge on any atom is 0.320 e. The molecule has 8 heteroatoms. The Hall–Kier alpha value is -2.05. The molecule has 0 aliphatic heterocycles. The molecule has 0 radical (unpaired) electrons. The van der Waals surface area contributed by atoms with E-state index >= 15 is 0 Å². The van der Waals surface area contributed by atoms with E-state index in [4.69, 9.17) is 21.9 Å². The number of H-pyrrole nitrogens is 1. The second-order valence-corrected chi connectivity index (χ2v) is 2.33. The van der Waals surface area contributed by atoms with Gasteiger partial charge in [-0.3, -0.25) is 4.79 Å². The highest BCUT2D eigenvalue weighted by Crippen LogP contribution is 1.95. The molecule has 0 spiro atoms. The zero-order valence-corrected chi connectivity index (χ0v) is 7.21. The summed E-state index contributed by atoms with van der Waals surface area (Å²) < 4.78 is 0. The summed E-state index contributed by atoms with van der Waals surface area (Å²) in [5.41, 5.74) is 18.2. The summed E-state index contributed by atoms with van der Waals surface area (Å²) in [6, 6.07) is -0.851. The molecule has 0 amide bonds. The number of aliphatic carboxylic acids is 1. The molecule has 0 unspecified atom stereocenters. The highest BCUT2D eigenvalue weighted by atomic mass is 16.4. The minimum atomic E-state index is -1.00. The van der Waals surface area contributed by atoms with Crippen LogP contribution in [-0.2, 0) is 11.2 Å². The second kappa shape index (κ2) is 6.46. The van der Waals surface area contributed by atoms with E-state index in [0.717, 1.165) is 5.69 Å². The first-order valence-corrected chi connectivity index (χ1v) is 3.58. The molecule has 0 bridgehead atoms. The van der Waals surface area contributed by atoms with E-state index in [1.54, 1.807) is 11.1 Å². The van der Waals surface area contributed by atoms with Gasteiger partial charge in [-0.15, -0.1) is 5.53 Å². The van der Waals surface area contributed by atoms with Gasteiger partial charge in [-0.2, -0.15) is 0 Å². The smallest absolute Gasteiger partial charge is 0.320 e. The van der Waals surface area contributed by atoms with Gasteiger partial charge in [0.05, 0.1) is 6.33 Å². The van der Waals surface area contributed by atoms with Crippen molar-refractivity contribution in [2.24, 2.45) is 5.73 Å². The van der Waals surface area contributed by atoms with E-state index in [1.807, 2.05) is 0 Å². The van der Waals surface area contributed by atoms with Gasteiger partial charge >= 0.3 is 5.97 Å². The summed E-state index contributed by atoms with van der Waals surface area (Å²) in [7, 11) is 0. The molecule has 76 valence electrons. The van der Waals surface area contributed by atoms with Gasteiger partial charge in [-0.25, -0.2) is 4.98 Å². The van der Waals surface area contributed by atoms with Crippen LogP contribution in [-0.4, -0.2) is 27.1 Å². The minimum Gasteiger partial charge on any atom is -0.480 e. The molecular formula is C6H10N6O2. The van der Waals surface area contributed by atoms with Gasteiger partial charge in [-0.05, 0) is 10.4 Å². The van der Waals surface area contributed by atoms with Crippen molar-refractivity contribution in [3.63, 3.8) is 0 Å². The van der Waals surface area contributed by atoms with Crippen molar-refractivity contribution in [2.75, 3.05) is 0 Å². The van der Waals surface area contributed by atoms with Gasteiger partial charge in [0.15, 0.2) is 0 Å². The molecule has 1 atom stereocenters. The summed E-state index contributed by atoms with van der Waals surface area (Å²) in [5, 5.41) is 8.42. The van der Waals surface area contributed by atoms with Gasteiger partial charge in [0.2, 0.25) is 0 Å². The van der Waals surface area contributed by atoms with Crippen molar-refractivity contribution in [3.05, 3.63) is 28.7 Å². The van der Waals surface area contributed by atoms with Crippen molar-refractivity contribution in [1.82, 2.24) is 9.97 Å². The topological polar surface area (TPSA) is 152 Å². The van der Waals surface area contributed by atoms with Gasteiger partial charge in [0.1, 0.15) is 6.04 Å². The predicted molar refractivity (Wildman–Crippen MR) is 47.3 cm³/mol. The molecule has 14 heavy (non-hydrogen) atoms. The normalized spacial score (nSPS) is 10.6. The first-order valence-electron chi connectivity index (χ1n) is 3.58. The Morgan fingerprint density at radius 2 is 2.50 bits per heavy atom. The highest BCUT2D eigenvalue weighted by molar-refractivity contribution is 5.73. The molecule has 0 fully saturated rings. The molecule has 0 saturated heterocycles. The molecule has 1 aromatic heterocycles. The van der Waals surface area contributed by atoms with E-state index in [0.29, 0.717) is 0 Å². The Morgan fingerprint density at radius 3 is 2.86 bits per heavy atom. The number of aromatic nitrogens is 2. The molecule has 0 aliphatic carbocycles. The molecule has 1 heterocycles. The third-order valence-electron chi connectivity index (χ3n) is 1.31. The predicted octanol–water partition coefficient (Wildman–Crippen LogP) is 0.240. The third kappa shape index (κ3) is 4.75.